The standard InChI is InChI=1S/C24H28Cl2O3/c1-14(2)16-12-15-6-8-20-23(3,10-5-11-24(20,4)22(26)29)18(15)13-17(16)19(27)7-9-21(25)28/h7,9,12-14,20H,5-6,8,10-11H2,1-4H3/b9-7+. The lowest BCUT2D eigenvalue weighted by molar-refractivity contribution is -0.127. The molecule has 0 N–H and O–H groups in total. The van der Waals surface area contributed by atoms with E-state index in [0.717, 1.165) is 49.3 Å². The van der Waals surface area contributed by atoms with E-state index >= 15 is 0 Å². The van der Waals surface area contributed by atoms with Gasteiger partial charge in [0.25, 0.3) is 0 Å². The van der Waals surface area contributed by atoms with Gasteiger partial charge in [0.05, 0.1) is 0 Å². The summed E-state index contributed by atoms with van der Waals surface area (Å²) in [5.41, 5.74) is 3.25. The molecule has 156 valence electrons. The van der Waals surface area contributed by atoms with E-state index in [2.05, 4.69) is 26.8 Å². The van der Waals surface area contributed by atoms with E-state index in [4.69, 9.17) is 23.2 Å². The highest BCUT2D eigenvalue weighted by molar-refractivity contribution is 6.66. The Bertz CT molecular complexity index is 902. The van der Waals surface area contributed by atoms with Gasteiger partial charge in [-0.05, 0) is 95.0 Å². The summed E-state index contributed by atoms with van der Waals surface area (Å²) in [6.45, 7) is 8.34. The highest BCUT2D eigenvalue weighted by Gasteiger charge is 2.54. The van der Waals surface area contributed by atoms with E-state index in [1.807, 2.05) is 13.0 Å². The Morgan fingerprint density at radius 1 is 1.10 bits per heavy atom. The first-order valence-corrected chi connectivity index (χ1v) is 11.1. The third-order valence-electron chi connectivity index (χ3n) is 7.23. The van der Waals surface area contributed by atoms with Crippen molar-refractivity contribution in [3.05, 3.63) is 46.5 Å². The molecule has 2 aliphatic rings. The van der Waals surface area contributed by atoms with Crippen LogP contribution < -0.4 is 0 Å². The second kappa shape index (κ2) is 8.00. The van der Waals surface area contributed by atoms with E-state index in [0.29, 0.717) is 5.56 Å². The van der Waals surface area contributed by atoms with Crippen molar-refractivity contribution in [2.75, 3.05) is 0 Å². The van der Waals surface area contributed by atoms with Crippen molar-refractivity contribution in [2.24, 2.45) is 11.3 Å². The Balaban J connectivity index is 2.16. The normalized spacial score (nSPS) is 28.9. The zero-order chi connectivity index (χ0) is 21.6. The molecule has 0 bridgehead atoms. The fraction of sp³-hybridized carbons (Fsp3) is 0.542. The van der Waals surface area contributed by atoms with E-state index in [-0.39, 0.29) is 28.3 Å². The van der Waals surface area contributed by atoms with Gasteiger partial charge >= 0.3 is 0 Å². The topological polar surface area (TPSA) is 51.2 Å². The number of hydrogen-bond donors (Lipinski definition) is 0. The van der Waals surface area contributed by atoms with E-state index < -0.39 is 10.7 Å². The average Bonchev–Trinajstić information content (AvgIpc) is 2.64. The number of carbonyl (C=O) groups excluding carboxylic acids is 3. The molecule has 0 aromatic heterocycles. The summed E-state index contributed by atoms with van der Waals surface area (Å²) in [4.78, 5) is 36.3. The minimum absolute atomic E-state index is 0.147. The zero-order valence-corrected chi connectivity index (χ0v) is 19.0. The Hall–Kier alpha value is -1.45. The maximum atomic E-state index is 12.9. The lowest BCUT2D eigenvalue weighted by atomic mass is 9.50. The van der Waals surface area contributed by atoms with Crippen LogP contribution in [0.4, 0.5) is 0 Å². The van der Waals surface area contributed by atoms with Gasteiger partial charge in [0.15, 0.2) is 5.78 Å². The number of fused-ring (bicyclic) bond motifs is 3. The van der Waals surface area contributed by atoms with Crippen molar-refractivity contribution in [1.82, 2.24) is 0 Å². The minimum atomic E-state index is -0.668. The number of carbonyl (C=O) groups is 3. The summed E-state index contributed by atoms with van der Waals surface area (Å²) < 4.78 is 0. The number of allylic oxidation sites excluding steroid dienone is 2. The molecule has 0 spiro atoms. The summed E-state index contributed by atoms with van der Waals surface area (Å²) in [5, 5.41) is -0.923. The van der Waals surface area contributed by atoms with E-state index in [1.54, 1.807) is 0 Å². The summed E-state index contributed by atoms with van der Waals surface area (Å²) >= 11 is 11.5. The zero-order valence-electron chi connectivity index (χ0n) is 17.5. The van der Waals surface area contributed by atoms with Crippen LogP contribution in [0.25, 0.3) is 0 Å². The summed E-state index contributed by atoms with van der Waals surface area (Å²) in [5.74, 6) is 0.100. The first-order valence-electron chi connectivity index (χ1n) is 10.3. The Labute approximate surface area is 182 Å². The third kappa shape index (κ3) is 3.84. The molecule has 0 heterocycles. The van der Waals surface area contributed by atoms with Crippen molar-refractivity contribution in [1.29, 1.82) is 0 Å². The SMILES string of the molecule is CC(C)c1cc2c(cc1C(=O)/C=C/C(=O)Cl)C1(C)CCCC(C)(C(=O)Cl)C1CC2. The molecule has 0 aliphatic heterocycles. The van der Waals surface area contributed by atoms with Crippen molar-refractivity contribution in [3.63, 3.8) is 0 Å². The summed E-state index contributed by atoms with van der Waals surface area (Å²) in [6, 6.07) is 4.16. The number of benzene rings is 1. The van der Waals surface area contributed by atoms with Crippen LogP contribution in [-0.4, -0.2) is 16.3 Å². The molecule has 0 saturated heterocycles. The van der Waals surface area contributed by atoms with Crippen LogP contribution in [0, 0.1) is 11.3 Å². The van der Waals surface area contributed by atoms with Gasteiger partial charge in [0.1, 0.15) is 0 Å². The van der Waals surface area contributed by atoms with E-state index in [9.17, 15) is 14.4 Å². The van der Waals surface area contributed by atoms with Crippen LogP contribution >= 0.6 is 23.2 Å². The largest absolute Gasteiger partial charge is 0.289 e. The molecule has 1 saturated carbocycles. The van der Waals surface area contributed by atoms with Gasteiger partial charge in [0, 0.05) is 17.1 Å². The first kappa shape index (κ1) is 22.2. The lowest BCUT2D eigenvalue weighted by Crippen LogP contribution is -2.51. The molecule has 1 aromatic carbocycles. The number of halogens is 2. The van der Waals surface area contributed by atoms with Crippen molar-refractivity contribution in [2.45, 2.75) is 71.1 Å². The molecule has 1 fully saturated rings. The van der Waals surface area contributed by atoms with Crippen molar-refractivity contribution in [3.8, 4) is 0 Å². The van der Waals surface area contributed by atoms with Crippen LogP contribution in [-0.2, 0) is 21.4 Å². The molecule has 3 rings (SSSR count). The van der Waals surface area contributed by atoms with Gasteiger partial charge < -0.3 is 0 Å². The molecule has 0 radical (unpaired) electrons. The molecule has 2 aliphatic carbocycles. The highest BCUT2D eigenvalue weighted by atomic mass is 35.5. The Morgan fingerprint density at radius 3 is 2.38 bits per heavy atom. The monoisotopic (exact) mass is 434 g/mol. The molecule has 0 amide bonds. The molecular formula is C24H28Cl2O3. The van der Waals surface area contributed by atoms with Crippen LogP contribution in [0.15, 0.2) is 24.3 Å². The number of hydrogen-bond acceptors (Lipinski definition) is 3. The fourth-order valence-electron chi connectivity index (χ4n) is 5.69. The number of aryl methyl sites for hydroxylation is 1. The minimum Gasteiger partial charge on any atom is -0.289 e. The van der Waals surface area contributed by atoms with Crippen LogP contribution in [0.3, 0.4) is 0 Å². The van der Waals surface area contributed by atoms with Gasteiger partial charge in [-0.25, -0.2) is 0 Å². The molecule has 1 aromatic rings. The van der Waals surface area contributed by atoms with Crippen LogP contribution in [0.5, 0.6) is 0 Å². The molecule has 3 atom stereocenters. The van der Waals surface area contributed by atoms with Gasteiger partial charge in [-0.1, -0.05) is 40.2 Å². The molecule has 29 heavy (non-hydrogen) atoms. The van der Waals surface area contributed by atoms with Gasteiger partial charge in [-0.2, -0.15) is 0 Å². The van der Waals surface area contributed by atoms with E-state index in [1.165, 1.54) is 11.6 Å². The maximum Gasteiger partial charge on any atom is 0.245 e. The Morgan fingerprint density at radius 2 is 1.79 bits per heavy atom. The predicted molar refractivity (Wildman–Crippen MR) is 117 cm³/mol. The number of rotatable bonds is 5. The summed E-state index contributed by atoms with van der Waals surface area (Å²) in [7, 11) is 0. The number of ketones is 1. The van der Waals surface area contributed by atoms with Crippen LogP contribution in [0.1, 0.15) is 86.3 Å². The predicted octanol–water partition coefficient (Wildman–Crippen LogP) is 6.09. The Kier molecular flexibility index (Phi) is 6.13. The molecule has 5 heteroatoms. The van der Waals surface area contributed by atoms with Gasteiger partial charge in [-0.15, -0.1) is 0 Å². The fourth-order valence-corrected chi connectivity index (χ4v) is 5.98. The second-order valence-electron chi connectivity index (χ2n) is 9.31. The smallest absolute Gasteiger partial charge is 0.245 e. The molecular weight excluding hydrogens is 407 g/mol. The van der Waals surface area contributed by atoms with Gasteiger partial charge in [0.2, 0.25) is 10.5 Å². The molecule has 3 unspecified atom stereocenters. The van der Waals surface area contributed by atoms with Crippen LogP contribution in [0.2, 0.25) is 0 Å². The van der Waals surface area contributed by atoms with Gasteiger partial charge in [-0.3, -0.25) is 14.4 Å². The second-order valence-corrected chi connectivity index (χ2v) is 10.0. The quantitative estimate of drug-likeness (QED) is 0.320. The maximum absolute atomic E-state index is 12.9. The van der Waals surface area contributed by atoms with Crippen molar-refractivity contribution < 1.29 is 14.4 Å². The highest BCUT2D eigenvalue weighted by Crippen LogP contribution is 2.58. The third-order valence-corrected chi connectivity index (χ3v) is 7.78. The molecule has 3 nitrogen and oxygen atoms in total. The first-order chi connectivity index (χ1) is 13.5. The lowest BCUT2D eigenvalue weighted by Gasteiger charge is -2.54. The summed E-state index contributed by atoms with van der Waals surface area (Å²) in [6.07, 6.45) is 6.85. The van der Waals surface area contributed by atoms with Crippen molar-refractivity contribution >= 4 is 39.5 Å². The average molecular weight is 435 g/mol.